The van der Waals surface area contributed by atoms with Gasteiger partial charge in [0.05, 0.1) is 20.8 Å². The van der Waals surface area contributed by atoms with Crippen molar-refractivity contribution in [3.63, 3.8) is 0 Å². The molecule has 1 aromatic rings. The lowest BCUT2D eigenvalue weighted by molar-refractivity contribution is 0.0597. The summed E-state index contributed by atoms with van der Waals surface area (Å²) in [5.74, 6) is 0.925. The van der Waals surface area contributed by atoms with Gasteiger partial charge in [0, 0.05) is 20.1 Å². The molecular formula is C19H29N3O3. The first-order chi connectivity index (χ1) is 12.1. The lowest BCUT2D eigenvalue weighted by Gasteiger charge is -2.21. The van der Waals surface area contributed by atoms with E-state index in [1.54, 1.807) is 6.07 Å². The number of nitrogens with zero attached hydrogens (tertiary/aromatic N) is 2. The Balaban J connectivity index is 2.87. The standard InChI is InChI=1S/C19H29N3O3/c1-6-8-9-12-22(3)19(20-7-2)21-14-15-10-11-16(18(23)25-5)17(13-15)24-4/h6,10-11,13H,1,7-9,12,14H2,2-5H3,(H,20,21). The summed E-state index contributed by atoms with van der Waals surface area (Å²) in [7, 11) is 4.91. The molecule has 1 N–H and O–H groups in total. The third-order valence-electron chi connectivity index (χ3n) is 3.68. The SMILES string of the molecule is C=CCCCN(C)C(=NCc1ccc(C(=O)OC)c(OC)c1)NCC. The highest BCUT2D eigenvalue weighted by Crippen LogP contribution is 2.21. The fourth-order valence-electron chi connectivity index (χ4n) is 2.33. The van der Waals surface area contributed by atoms with Gasteiger partial charge >= 0.3 is 5.97 Å². The number of esters is 1. The van der Waals surface area contributed by atoms with Crippen molar-refractivity contribution in [3.8, 4) is 5.75 Å². The Labute approximate surface area is 150 Å². The molecule has 6 nitrogen and oxygen atoms in total. The fraction of sp³-hybridized carbons (Fsp3) is 0.474. The molecule has 6 heteroatoms. The van der Waals surface area contributed by atoms with E-state index in [-0.39, 0.29) is 0 Å². The largest absolute Gasteiger partial charge is 0.496 e. The van der Waals surface area contributed by atoms with E-state index in [9.17, 15) is 4.79 Å². The summed E-state index contributed by atoms with van der Waals surface area (Å²) in [6.45, 7) is 7.99. The molecule has 0 amide bonds. The Bertz CT molecular complexity index is 600. The number of hydrogen-bond donors (Lipinski definition) is 1. The number of carbonyl (C=O) groups is 1. The second-order valence-electron chi connectivity index (χ2n) is 5.55. The first-order valence-corrected chi connectivity index (χ1v) is 8.42. The number of rotatable bonds is 9. The van der Waals surface area contributed by atoms with E-state index in [0.29, 0.717) is 17.9 Å². The topological polar surface area (TPSA) is 63.2 Å². The van der Waals surface area contributed by atoms with Gasteiger partial charge < -0.3 is 19.7 Å². The van der Waals surface area contributed by atoms with Gasteiger partial charge in [0.15, 0.2) is 5.96 Å². The van der Waals surface area contributed by atoms with Crippen LogP contribution in [0.1, 0.15) is 35.7 Å². The van der Waals surface area contributed by atoms with Gasteiger partial charge in [0.2, 0.25) is 0 Å². The third-order valence-corrected chi connectivity index (χ3v) is 3.68. The molecule has 0 aromatic heterocycles. The van der Waals surface area contributed by atoms with Crippen molar-refractivity contribution in [2.24, 2.45) is 4.99 Å². The molecule has 0 bridgehead atoms. The summed E-state index contributed by atoms with van der Waals surface area (Å²) in [6.07, 6.45) is 3.94. The van der Waals surface area contributed by atoms with E-state index in [1.807, 2.05) is 32.2 Å². The molecular weight excluding hydrogens is 318 g/mol. The maximum Gasteiger partial charge on any atom is 0.341 e. The van der Waals surface area contributed by atoms with Crippen LogP contribution < -0.4 is 10.1 Å². The molecule has 0 spiro atoms. The van der Waals surface area contributed by atoms with Crippen molar-refractivity contribution in [1.82, 2.24) is 10.2 Å². The van der Waals surface area contributed by atoms with E-state index in [1.165, 1.54) is 14.2 Å². The van der Waals surface area contributed by atoms with Crippen molar-refractivity contribution in [3.05, 3.63) is 42.0 Å². The zero-order chi connectivity index (χ0) is 18.7. The normalized spacial score (nSPS) is 11.0. The van der Waals surface area contributed by atoms with Gasteiger partial charge in [-0.2, -0.15) is 0 Å². The van der Waals surface area contributed by atoms with Gasteiger partial charge in [-0.3, -0.25) is 0 Å². The number of benzene rings is 1. The molecule has 0 aliphatic heterocycles. The minimum Gasteiger partial charge on any atom is -0.496 e. The number of nitrogens with one attached hydrogen (secondary N) is 1. The summed E-state index contributed by atoms with van der Waals surface area (Å²) in [6, 6.07) is 5.38. The van der Waals surface area contributed by atoms with Crippen LogP contribution in [-0.2, 0) is 11.3 Å². The molecule has 0 aliphatic rings. The molecule has 1 aromatic carbocycles. The van der Waals surface area contributed by atoms with Crippen LogP contribution in [0.2, 0.25) is 0 Å². The number of unbranched alkanes of at least 4 members (excludes halogenated alkanes) is 1. The number of ether oxygens (including phenoxy) is 2. The molecule has 0 aliphatic carbocycles. The Morgan fingerprint density at radius 3 is 2.76 bits per heavy atom. The third kappa shape index (κ3) is 6.49. The van der Waals surface area contributed by atoms with Crippen molar-refractivity contribution >= 4 is 11.9 Å². The zero-order valence-electron chi connectivity index (χ0n) is 15.7. The summed E-state index contributed by atoms with van der Waals surface area (Å²) in [4.78, 5) is 18.5. The summed E-state index contributed by atoms with van der Waals surface area (Å²) >= 11 is 0. The van der Waals surface area contributed by atoms with Crippen LogP contribution in [0.15, 0.2) is 35.8 Å². The van der Waals surface area contributed by atoms with Crippen LogP contribution in [0, 0.1) is 0 Å². The van der Waals surface area contributed by atoms with Crippen molar-refractivity contribution in [2.45, 2.75) is 26.3 Å². The van der Waals surface area contributed by atoms with E-state index in [0.717, 1.165) is 37.5 Å². The lowest BCUT2D eigenvalue weighted by Crippen LogP contribution is -2.39. The van der Waals surface area contributed by atoms with Crippen molar-refractivity contribution in [1.29, 1.82) is 0 Å². The van der Waals surface area contributed by atoms with Gasteiger partial charge in [0.1, 0.15) is 11.3 Å². The number of aliphatic imine (C=N–C) groups is 1. The average Bonchev–Trinajstić information content (AvgIpc) is 2.64. The number of hydrogen-bond acceptors (Lipinski definition) is 4. The second kappa shape index (κ2) is 11.1. The maximum atomic E-state index is 11.7. The van der Waals surface area contributed by atoms with Crippen molar-refractivity contribution in [2.75, 3.05) is 34.4 Å². The van der Waals surface area contributed by atoms with Gasteiger partial charge in [0.25, 0.3) is 0 Å². The van der Waals surface area contributed by atoms with Crippen LogP contribution in [0.4, 0.5) is 0 Å². The van der Waals surface area contributed by atoms with E-state index in [2.05, 4.69) is 21.8 Å². The monoisotopic (exact) mass is 347 g/mol. The fourth-order valence-corrected chi connectivity index (χ4v) is 2.33. The van der Waals surface area contributed by atoms with Crippen LogP contribution in [0.25, 0.3) is 0 Å². The number of methoxy groups -OCH3 is 2. The summed E-state index contributed by atoms with van der Waals surface area (Å²) in [5, 5.41) is 3.29. The van der Waals surface area contributed by atoms with Crippen molar-refractivity contribution < 1.29 is 14.3 Å². The average molecular weight is 347 g/mol. The number of carbonyl (C=O) groups excluding carboxylic acids is 1. The Kier molecular flexibility index (Phi) is 9.14. The van der Waals surface area contributed by atoms with Gasteiger partial charge in [-0.1, -0.05) is 12.1 Å². The molecule has 138 valence electrons. The molecule has 25 heavy (non-hydrogen) atoms. The highest BCUT2D eigenvalue weighted by molar-refractivity contribution is 5.92. The van der Waals surface area contributed by atoms with E-state index in [4.69, 9.17) is 9.47 Å². The van der Waals surface area contributed by atoms with Crippen LogP contribution in [-0.4, -0.2) is 51.2 Å². The molecule has 1 rings (SSSR count). The predicted octanol–water partition coefficient (Wildman–Crippen LogP) is 2.85. The van der Waals surface area contributed by atoms with Crippen LogP contribution in [0.5, 0.6) is 5.75 Å². The number of allylic oxidation sites excluding steroid dienone is 1. The molecule has 0 heterocycles. The minimum absolute atomic E-state index is 0.408. The lowest BCUT2D eigenvalue weighted by atomic mass is 10.1. The van der Waals surface area contributed by atoms with E-state index < -0.39 is 5.97 Å². The molecule has 0 atom stereocenters. The first kappa shape index (κ1) is 20.5. The van der Waals surface area contributed by atoms with Gasteiger partial charge in [-0.15, -0.1) is 6.58 Å². The van der Waals surface area contributed by atoms with Crippen LogP contribution in [0.3, 0.4) is 0 Å². The molecule has 0 radical (unpaired) electrons. The van der Waals surface area contributed by atoms with Gasteiger partial charge in [-0.05, 0) is 37.5 Å². The Hall–Kier alpha value is -2.50. The Morgan fingerprint density at radius 1 is 1.40 bits per heavy atom. The van der Waals surface area contributed by atoms with Crippen LogP contribution >= 0.6 is 0 Å². The highest BCUT2D eigenvalue weighted by atomic mass is 16.5. The smallest absolute Gasteiger partial charge is 0.341 e. The molecule has 0 unspecified atom stereocenters. The molecule has 0 saturated carbocycles. The number of guanidine groups is 1. The Morgan fingerprint density at radius 2 is 2.16 bits per heavy atom. The minimum atomic E-state index is -0.415. The first-order valence-electron chi connectivity index (χ1n) is 8.42. The molecule has 0 fully saturated rings. The van der Waals surface area contributed by atoms with Gasteiger partial charge in [-0.25, -0.2) is 9.79 Å². The molecule has 0 saturated heterocycles. The quantitative estimate of drug-likeness (QED) is 0.245. The summed E-state index contributed by atoms with van der Waals surface area (Å²) in [5.41, 5.74) is 1.37. The zero-order valence-corrected chi connectivity index (χ0v) is 15.7. The van der Waals surface area contributed by atoms with E-state index >= 15 is 0 Å². The predicted molar refractivity (Wildman–Crippen MR) is 101 cm³/mol. The second-order valence-corrected chi connectivity index (χ2v) is 5.55. The highest BCUT2D eigenvalue weighted by Gasteiger charge is 2.13. The summed E-state index contributed by atoms with van der Waals surface area (Å²) < 4.78 is 10.0. The maximum absolute atomic E-state index is 11.7.